The van der Waals surface area contributed by atoms with Crippen LogP contribution in [0.1, 0.15) is 43.2 Å². The second-order valence-electron chi connectivity index (χ2n) is 5.87. The fourth-order valence-corrected chi connectivity index (χ4v) is 3.26. The van der Waals surface area contributed by atoms with Crippen LogP contribution in [0.25, 0.3) is 0 Å². The molecule has 7 nitrogen and oxygen atoms in total. The molecule has 8 heteroatoms. The Labute approximate surface area is 129 Å². The maximum Gasteiger partial charge on any atom is 0.469 e. The predicted octanol–water partition coefficient (Wildman–Crippen LogP) is 1.96. The summed E-state index contributed by atoms with van der Waals surface area (Å²) in [7, 11) is -4.49. The highest BCUT2D eigenvalue weighted by molar-refractivity contribution is 7.46. The van der Waals surface area contributed by atoms with Gasteiger partial charge in [0.25, 0.3) is 0 Å². The van der Waals surface area contributed by atoms with Gasteiger partial charge in [-0.05, 0) is 43.2 Å². The first kappa shape index (κ1) is 17.1. The van der Waals surface area contributed by atoms with Crippen molar-refractivity contribution in [2.75, 3.05) is 6.61 Å². The summed E-state index contributed by atoms with van der Waals surface area (Å²) in [4.78, 5) is 17.6. The van der Waals surface area contributed by atoms with Gasteiger partial charge in [0.15, 0.2) is 0 Å². The Balaban J connectivity index is 2.02. The molecular weight excluding hydrogens is 307 g/mol. The molecule has 0 aliphatic heterocycles. The molecule has 5 N–H and O–H groups in total. The van der Waals surface area contributed by atoms with Crippen LogP contribution in [0.3, 0.4) is 0 Å². The van der Waals surface area contributed by atoms with Crippen LogP contribution in [-0.2, 0) is 9.09 Å². The van der Waals surface area contributed by atoms with E-state index >= 15 is 0 Å². The van der Waals surface area contributed by atoms with Gasteiger partial charge in [0.1, 0.15) is 0 Å². The van der Waals surface area contributed by atoms with Gasteiger partial charge >= 0.3 is 7.82 Å². The van der Waals surface area contributed by atoms with E-state index < -0.39 is 13.4 Å². The minimum Gasteiger partial charge on any atom is -0.411 e. The molecule has 1 aliphatic carbocycles. The van der Waals surface area contributed by atoms with E-state index in [-0.39, 0.29) is 12.5 Å². The topological polar surface area (TPSA) is 125 Å². The Morgan fingerprint density at radius 1 is 1.45 bits per heavy atom. The van der Waals surface area contributed by atoms with E-state index in [1.165, 1.54) is 0 Å². The molecule has 1 aliphatic rings. The van der Waals surface area contributed by atoms with Gasteiger partial charge in [-0.2, -0.15) is 0 Å². The van der Waals surface area contributed by atoms with Crippen LogP contribution in [0.4, 0.5) is 0 Å². The molecule has 1 fully saturated rings. The average Bonchev–Trinajstić information content (AvgIpc) is 2.87. The zero-order valence-corrected chi connectivity index (χ0v) is 13.2. The summed E-state index contributed by atoms with van der Waals surface area (Å²) in [5.74, 6) is 0.228. The van der Waals surface area contributed by atoms with Crippen molar-refractivity contribution in [2.24, 2.45) is 10.9 Å². The van der Waals surface area contributed by atoms with Crippen molar-refractivity contribution in [1.29, 1.82) is 0 Å². The Morgan fingerprint density at radius 3 is 2.64 bits per heavy atom. The van der Waals surface area contributed by atoms with E-state index in [4.69, 9.17) is 20.7 Å². The number of nitrogens with zero attached hydrogens (tertiary/aromatic N) is 1. The summed E-state index contributed by atoms with van der Waals surface area (Å²) in [6.45, 7) is 1.57. The van der Waals surface area contributed by atoms with E-state index in [2.05, 4.69) is 9.68 Å². The third kappa shape index (κ3) is 4.38. The van der Waals surface area contributed by atoms with Crippen LogP contribution in [0.15, 0.2) is 29.4 Å². The van der Waals surface area contributed by atoms with Gasteiger partial charge in [0.2, 0.25) is 0 Å². The van der Waals surface area contributed by atoms with Crippen LogP contribution in [-0.4, -0.2) is 32.9 Å². The van der Waals surface area contributed by atoms with Crippen molar-refractivity contribution in [3.8, 4) is 0 Å². The van der Waals surface area contributed by atoms with E-state index in [0.717, 1.165) is 17.5 Å². The molecule has 1 aromatic rings. The molecule has 1 saturated carbocycles. The van der Waals surface area contributed by atoms with Gasteiger partial charge in [-0.25, -0.2) is 4.57 Å². The molecule has 0 heterocycles. The molecule has 0 spiro atoms. The highest BCUT2D eigenvalue weighted by Crippen LogP contribution is 2.43. The number of hydrogen-bond donors (Lipinski definition) is 4. The minimum absolute atomic E-state index is 0.151. The van der Waals surface area contributed by atoms with E-state index in [9.17, 15) is 4.57 Å². The summed E-state index contributed by atoms with van der Waals surface area (Å²) in [5, 5.41) is 11.9. The average molecular weight is 328 g/mol. The maximum absolute atomic E-state index is 10.8. The smallest absolute Gasteiger partial charge is 0.411 e. The van der Waals surface area contributed by atoms with Crippen LogP contribution in [0, 0.1) is 0 Å². The first-order valence-electron chi connectivity index (χ1n) is 7.00. The van der Waals surface area contributed by atoms with Crippen LogP contribution in [0.2, 0.25) is 0 Å². The summed E-state index contributed by atoms with van der Waals surface area (Å²) in [6.07, 6.45) is 2.10. The number of phosphoric ester groups is 1. The van der Waals surface area contributed by atoms with Gasteiger partial charge in [-0.3, -0.25) is 4.52 Å². The monoisotopic (exact) mass is 328 g/mol. The Morgan fingerprint density at radius 2 is 2.09 bits per heavy atom. The Bertz CT molecular complexity index is 598. The molecule has 2 atom stereocenters. The van der Waals surface area contributed by atoms with Crippen molar-refractivity contribution < 1.29 is 24.1 Å². The standard InChI is InChI=1S/C14H21N2O5P/c1-10(16-17)11-2-4-12(5-3-11)13-6-7-14(15,8-13)9-21-22(18,19)20/h2-5,13,17H,6-9,15H2,1H3,(H2,18,19,20)/b16-10+/t13-,14-/m1/s1. The van der Waals surface area contributed by atoms with Gasteiger partial charge in [-0.15, -0.1) is 0 Å². The lowest BCUT2D eigenvalue weighted by atomic mass is 9.93. The molecule has 0 bridgehead atoms. The largest absolute Gasteiger partial charge is 0.469 e. The van der Waals surface area contributed by atoms with Gasteiger partial charge in [0.05, 0.1) is 12.3 Å². The van der Waals surface area contributed by atoms with Crippen LogP contribution >= 0.6 is 7.82 Å². The fraction of sp³-hybridized carbons (Fsp3) is 0.500. The molecule has 1 aromatic carbocycles. The van der Waals surface area contributed by atoms with Crippen molar-refractivity contribution in [2.45, 2.75) is 37.6 Å². The van der Waals surface area contributed by atoms with E-state index in [0.29, 0.717) is 18.6 Å². The third-order valence-corrected chi connectivity index (χ3v) is 4.58. The zero-order valence-electron chi connectivity index (χ0n) is 12.3. The molecule has 0 saturated heterocycles. The Kier molecular flexibility index (Phi) is 5.04. The summed E-state index contributed by atoms with van der Waals surface area (Å²) < 4.78 is 15.4. The Hall–Kier alpha value is -1.24. The van der Waals surface area contributed by atoms with E-state index in [1.807, 2.05) is 24.3 Å². The summed E-state index contributed by atoms with van der Waals surface area (Å²) >= 11 is 0. The molecule has 0 radical (unpaired) electrons. The lowest BCUT2D eigenvalue weighted by molar-refractivity contribution is 0.153. The molecule has 0 amide bonds. The van der Waals surface area contributed by atoms with Crippen LogP contribution in [0.5, 0.6) is 0 Å². The molecule has 122 valence electrons. The minimum atomic E-state index is -4.49. The molecular formula is C14H21N2O5P. The van der Waals surface area contributed by atoms with Crippen molar-refractivity contribution >= 4 is 13.5 Å². The van der Waals surface area contributed by atoms with E-state index in [1.54, 1.807) is 6.92 Å². The molecule has 0 aromatic heterocycles. The number of hydrogen-bond acceptors (Lipinski definition) is 5. The second kappa shape index (κ2) is 6.48. The molecule has 22 heavy (non-hydrogen) atoms. The first-order valence-corrected chi connectivity index (χ1v) is 8.53. The van der Waals surface area contributed by atoms with Crippen molar-refractivity contribution in [3.05, 3.63) is 35.4 Å². The lowest BCUT2D eigenvalue weighted by Gasteiger charge is -2.24. The van der Waals surface area contributed by atoms with Crippen LogP contribution < -0.4 is 5.73 Å². The highest BCUT2D eigenvalue weighted by Gasteiger charge is 2.38. The highest BCUT2D eigenvalue weighted by atomic mass is 31.2. The quantitative estimate of drug-likeness (QED) is 0.283. The maximum atomic E-state index is 10.8. The lowest BCUT2D eigenvalue weighted by Crippen LogP contribution is -2.41. The van der Waals surface area contributed by atoms with Crippen molar-refractivity contribution in [1.82, 2.24) is 0 Å². The predicted molar refractivity (Wildman–Crippen MR) is 81.9 cm³/mol. The molecule has 2 rings (SSSR count). The number of nitrogens with two attached hydrogens (primary N) is 1. The fourth-order valence-electron chi connectivity index (χ4n) is 2.84. The normalized spacial score (nSPS) is 26.4. The van der Waals surface area contributed by atoms with Gasteiger partial charge < -0.3 is 20.7 Å². The van der Waals surface area contributed by atoms with Crippen molar-refractivity contribution in [3.63, 3.8) is 0 Å². The zero-order chi connectivity index (χ0) is 16.4. The summed E-state index contributed by atoms with van der Waals surface area (Å²) in [5.41, 5.74) is 7.95. The number of phosphoric acid groups is 1. The SMILES string of the molecule is C/C(=N\O)c1ccc([C@@H]2CC[C@](N)(COP(=O)(O)O)C2)cc1. The first-order chi connectivity index (χ1) is 10.2. The number of oxime groups is 1. The number of rotatable bonds is 5. The van der Waals surface area contributed by atoms with Gasteiger partial charge in [-0.1, -0.05) is 29.4 Å². The summed E-state index contributed by atoms with van der Waals surface area (Å²) in [6, 6.07) is 7.69. The number of benzene rings is 1. The molecule has 0 unspecified atom stereocenters. The second-order valence-corrected chi connectivity index (χ2v) is 7.11. The third-order valence-electron chi connectivity index (χ3n) is 4.11. The van der Waals surface area contributed by atoms with Gasteiger partial charge in [0, 0.05) is 5.54 Å².